The molecule has 0 saturated heterocycles. The normalized spacial score (nSPS) is 11.4. The number of nitrogen functional groups attached to an aromatic ring is 1. The number of halogens is 4. The SMILES string of the molecule is CCN(CC(F)(F)F)c1ccc(C(=N)N)c(Br)c1. The van der Waals surface area contributed by atoms with Crippen LogP contribution in [0.1, 0.15) is 12.5 Å². The predicted octanol–water partition coefficient (Wildman–Crippen LogP) is 3.12. The van der Waals surface area contributed by atoms with Crippen LogP contribution < -0.4 is 10.6 Å². The van der Waals surface area contributed by atoms with E-state index in [4.69, 9.17) is 11.1 Å². The van der Waals surface area contributed by atoms with Gasteiger partial charge >= 0.3 is 6.18 Å². The van der Waals surface area contributed by atoms with Gasteiger partial charge in [0.15, 0.2) is 0 Å². The van der Waals surface area contributed by atoms with E-state index in [2.05, 4.69) is 15.9 Å². The van der Waals surface area contributed by atoms with E-state index in [-0.39, 0.29) is 12.4 Å². The molecule has 0 aliphatic rings. The molecule has 18 heavy (non-hydrogen) atoms. The van der Waals surface area contributed by atoms with E-state index in [0.29, 0.717) is 15.7 Å². The lowest BCUT2D eigenvalue weighted by Crippen LogP contribution is -2.34. The highest BCUT2D eigenvalue weighted by atomic mass is 79.9. The number of nitrogens with two attached hydrogens (primary N) is 1. The van der Waals surface area contributed by atoms with E-state index in [1.165, 1.54) is 23.1 Å². The van der Waals surface area contributed by atoms with Crippen LogP contribution in [0.2, 0.25) is 0 Å². The standard InChI is InChI=1S/C11H13BrF3N3/c1-2-18(6-11(13,14)15)7-3-4-8(10(16)17)9(12)5-7/h3-5H,2,6H2,1H3,(H3,16,17). The summed E-state index contributed by atoms with van der Waals surface area (Å²) in [5, 5.41) is 7.30. The van der Waals surface area contributed by atoms with E-state index in [1.807, 2.05) is 0 Å². The summed E-state index contributed by atoms with van der Waals surface area (Å²) in [5.41, 5.74) is 6.23. The molecule has 0 spiro atoms. The summed E-state index contributed by atoms with van der Waals surface area (Å²) in [6.45, 7) is 0.888. The number of hydrogen-bond donors (Lipinski definition) is 2. The predicted molar refractivity (Wildman–Crippen MR) is 69.1 cm³/mol. The molecule has 100 valence electrons. The Kier molecular flexibility index (Phi) is 4.61. The average molecular weight is 324 g/mol. The number of anilines is 1. The van der Waals surface area contributed by atoms with Gasteiger partial charge in [0.1, 0.15) is 12.4 Å². The van der Waals surface area contributed by atoms with Gasteiger partial charge in [-0.3, -0.25) is 5.41 Å². The van der Waals surface area contributed by atoms with E-state index >= 15 is 0 Å². The Labute approximate surface area is 111 Å². The molecular formula is C11H13BrF3N3. The Morgan fingerprint density at radius 1 is 1.44 bits per heavy atom. The summed E-state index contributed by atoms with van der Waals surface area (Å²) >= 11 is 3.20. The molecule has 3 N–H and O–H groups in total. The topological polar surface area (TPSA) is 53.1 Å². The molecule has 1 rings (SSSR count). The van der Waals surface area contributed by atoms with Gasteiger partial charge in [-0.2, -0.15) is 13.2 Å². The molecular weight excluding hydrogens is 311 g/mol. The highest BCUT2D eigenvalue weighted by molar-refractivity contribution is 9.10. The quantitative estimate of drug-likeness (QED) is 0.660. The molecule has 1 aromatic carbocycles. The van der Waals surface area contributed by atoms with E-state index in [0.717, 1.165) is 0 Å². The minimum Gasteiger partial charge on any atom is -0.384 e. The minimum atomic E-state index is -4.25. The van der Waals surface area contributed by atoms with Crippen LogP contribution in [0.15, 0.2) is 22.7 Å². The molecule has 0 unspecified atom stereocenters. The maximum Gasteiger partial charge on any atom is 0.405 e. The molecule has 1 aromatic rings. The van der Waals surface area contributed by atoms with Crippen molar-refractivity contribution in [1.82, 2.24) is 0 Å². The summed E-state index contributed by atoms with van der Waals surface area (Å²) in [7, 11) is 0. The second-order valence-corrected chi connectivity index (χ2v) is 4.56. The highest BCUT2D eigenvalue weighted by Gasteiger charge is 2.30. The molecule has 0 atom stereocenters. The fraction of sp³-hybridized carbons (Fsp3) is 0.364. The van der Waals surface area contributed by atoms with Crippen molar-refractivity contribution in [2.24, 2.45) is 5.73 Å². The van der Waals surface area contributed by atoms with Crippen molar-refractivity contribution in [2.75, 3.05) is 18.0 Å². The second-order valence-electron chi connectivity index (χ2n) is 3.71. The van der Waals surface area contributed by atoms with E-state index in [1.54, 1.807) is 6.92 Å². The molecule has 0 aliphatic carbocycles. The van der Waals surface area contributed by atoms with Crippen LogP contribution in [0.3, 0.4) is 0 Å². The number of amidine groups is 1. The van der Waals surface area contributed by atoms with Gasteiger partial charge in [0.2, 0.25) is 0 Å². The van der Waals surface area contributed by atoms with Crippen LogP contribution in [0.4, 0.5) is 18.9 Å². The third-order valence-corrected chi connectivity index (χ3v) is 3.02. The van der Waals surface area contributed by atoms with Crippen molar-refractivity contribution in [3.05, 3.63) is 28.2 Å². The maximum absolute atomic E-state index is 12.4. The Balaban J connectivity index is 3.01. The summed E-state index contributed by atoms with van der Waals surface area (Å²) in [6, 6.07) is 4.59. The van der Waals surface area contributed by atoms with Gasteiger partial charge in [0, 0.05) is 22.3 Å². The second kappa shape index (κ2) is 5.60. The van der Waals surface area contributed by atoms with Crippen LogP contribution in [-0.4, -0.2) is 25.1 Å². The van der Waals surface area contributed by atoms with Crippen molar-refractivity contribution in [2.45, 2.75) is 13.1 Å². The lowest BCUT2D eigenvalue weighted by molar-refractivity contribution is -0.119. The van der Waals surface area contributed by atoms with Gasteiger partial charge in [-0.25, -0.2) is 0 Å². The molecule has 0 fully saturated rings. The van der Waals surface area contributed by atoms with Gasteiger partial charge in [0.05, 0.1) is 0 Å². The van der Waals surface area contributed by atoms with Crippen LogP contribution in [0.25, 0.3) is 0 Å². The first-order chi connectivity index (χ1) is 8.24. The number of nitrogens with zero attached hydrogens (tertiary/aromatic N) is 1. The zero-order valence-corrected chi connectivity index (χ0v) is 11.3. The van der Waals surface area contributed by atoms with Gasteiger partial charge in [-0.15, -0.1) is 0 Å². The fourth-order valence-corrected chi connectivity index (χ4v) is 2.10. The first-order valence-corrected chi connectivity index (χ1v) is 5.99. The third-order valence-electron chi connectivity index (χ3n) is 2.36. The summed E-state index contributed by atoms with van der Waals surface area (Å²) in [6.07, 6.45) is -4.25. The van der Waals surface area contributed by atoms with Crippen molar-refractivity contribution in [3.8, 4) is 0 Å². The molecule has 3 nitrogen and oxygen atoms in total. The minimum absolute atomic E-state index is 0.132. The Morgan fingerprint density at radius 2 is 2.06 bits per heavy atom. The van der Waals surface area contributed by atoms with Gasteiger partial charge in [-0.05, 0) is 41.1 Å². The van der Waals surface area contributed by atoms with Crippen molar-refractivity contribution < 1.29 is 13.2 Å². The zero-order valence-electron chi connectivity index (χ0n) is 9.68. The molecule has 0 radical (unpaired) electrons. The fourth-order valence-electron chi connectivity index (χ4n) is 1.52. The van der Waals surface area contributed by atoms with Crippen molar-refractivity contribution >= 4 is 27.5 Å². The molecule has 7 heteroatoms. The Hall–Kier alpha value is -1.24. The Bertz CT molecular complexity index is 446. The molecule has 0 heterocycles. The summed E-state index contributed by atoms with van der Waals surface area (Å²) in [5.74, 6) is -0.132. The van der Waals surface area contributed by atoms with Crippen LogP contribution in [-0.2, 0) is 0 Å². The molecule has 0 aliphatic heterocycles. The summed E-state index contributed by atoms with van der Waals surface area (Å²) < 4.78 is 37.6. The zero-order chi connectivity index (χ0) is 13.9. The first-order valence-electron chi connectivity index (χ1n) is 5.20. The lowest BCUT2D eigenvalue weighted by atomic mass is 10.2. The van der Waals surface area contributed by atoms with Crippen LogP contribution in [0.5, 0.6) is 0 Å². The summed E-state index contributed by atoms with van der Waals surface area (Å²) in [4.78, 5) is 1.20. The van der Waals surface area contributed by atoms with Gasteiger partial charge in [0.25, 0.3) is 0 Å². The van der Waals surface area contributed by atoms with Crippen LogP contribution in [0, 0.1) is 5.41 Å². The molecule has 0 bridgehead atoms. The maximum atomic E-state index is 12.4. The monoisotopic (exact) mass is 323 g/mol. The van der Waals surface area contributed by atoms with Crippen molar-refractivity contribution in [1.29, 1.82) is 5.41 Å². The number of benzene rings is 1. The van der Waals surface area contributed by atoms with Gasteiger partial charge < -0.3 is 10.6 Å². The molecule has 0 amide bonds. The molecule has 0 aromatic heterocycles. The number of nitrogens with one attached hydrogen (secondary N) is 1. The van der Waals surface area contributed by atoms with E-state index < -0.39 is 12.7 Å². The highest BCUT2D eigenvalue weighted by Crippen LogP contribution is 2.26. The van der Waals surface area contributed by atoms with Crippen LogP contribution >= 0.6 is 15.9 Å². The number of alkyl halides is 3. The third kappa shape index (κ3) is 3.90. The first kappa shape index (κ1) is 14.8. The van der Waals surface area contributed by atoms with Gasteiger partial charge in [-0.1, -0.05) is 0 Å². The number of rotatable bonds is 4. The van der Waals surface area contributed by atoms with E-state index in [9.17, 15) is 13.2 Å². The number of hydrogen-bond acceptors (Lipinski definition) is 2. The smallest absolute Gasteiger partial charge is 0.384 e. The largest absolute Gasteiger partial charge is 0.405 e. The Morgan fingerprint density at radius 3 is 2.44 bits per heavy atom. The molecule has 0 saturated carbocycles. The van der Waals surface area contributed by atoms with Crippen molar-refractivity contribution in [3.63, 3.8) is 0 Å². The lowest BCUT2D eigenvalue weighted by Gasteiger charge is -2.25. The average Bonchev–Trinajstić information content (AvgIpc) is 2.24.